The normalized spacial score (nSPS) is 11.2. The van der Waals surface area contributed by atoms with Crippen molar-refractivity contribution in [1.29, 1.82) is 0 Å². The van der Waals surface area contributed by atoms with Crippen LogP contribution in [0.1, 0.15) is 24.0 Å². The molecule has 0 aliphatic rings. The van der Waals surface area contributed by atoms with Crippen LogP contribution in [0, 0.1) is 5.82 Å². The summed E-state index contributed by atoms with van der Waals surface area (Å²) in [5.74, 6) is -0.110. The van der Waals surface area contributed by atoms with Gasteiger partial charge in [0.25, 0.3) is 0 Å². The molecule has 0 fully saturated rings. The van der Waals surface area contributed by atoms with Gasteiger partial charge in [0.15, 0.2) is 5.82 Å². The number of nitrogens with zero attached hydrogens (tertiary/aromatic N) is 2. The topological polar surface area (TPSA) is 62.7 Å². The Morgan fingerprint density at radius 1 is 1.23 bits per heavy atom. The van der Waals surface area contributed by atoms with Crippen LogP contribution in [-0.4, -0.2) is 20.7 Å². The molecule has 2 aromatic carbocycles. The minimum atomic E-state index is -0.392. The zero-order valence-corrected chi connectivity index (χ0v) is 18.3. The predicted octanol–water partition coefficient (Wildman–Crippen LogP) is 5.93. The van der Waals surface area contributed by atoms with Crippen LogP contribution in [0.4, 0.5) is 10.2 Å². The molecular formula is C22H19BrClFN4O. The summed E-state index contributed by atoms with van der Waals surface area (Å²) in [4.78, 5) is 15.6. The molecule has 0 atom stereocenters. The number of carbonyl (C=O) groups excluding carboxylic acids is 1. The Morgan fingerprint density at radius 3 is 2.90 bits per heavy atom. The Hall–Kier alpha value is -2.64. The number of halogens is 3. The molecule has 2 aromatic heterocycles. The number of anilines is 1. The summed E-state index contributed by atoms with van der Waals surface area (Å²) < 4.78 is 16.2. The maximum atomic E-state index is 14.0. The fourth-order valence-corrected chi connectivity index (χ4v) is 4.02. The molecular weight excluding hydrogens is 471 g/mol. The van der Waals surface area contributed by atoms with Gasteiger partial charge in [-0.15, -0.1) is 0 Å². The Bertz CT molecular complexity index is 1180. The van der Waals surface area contributed by atoms with Crippen molar-refractivity contribution in [2.45, 2.75) is 25.8 Å². The van der Waals surface area contributed by atoms with Gasteiger partial charge in [-0.3, -0.25) is 9.48 Å². The van der Waals surface area contributed by atoms with Crippen molar-refractivity contribution >= 4 is 50.2 Å². The van der Waals surface area contributed by atoms with Crippen LogP contribution < -0.4 is 5.32 Å². The summed E-state index contributed by atoms with van der Waals surface area (Å²) >= 11 is 9.48. The van der Waals surface area contributed by atoms with E-state index in [0.717, 1.165) is 18.4 Å². The molecule has 0 radical (unpaired) electrons. The number of nitrogens with one attached hydrogen (secondary N) is 2. The summed E-state index contributed by atoms with van der Waals surface area (Å²) in [6.45, 7) is 0.167. The fraction of sp³-hybridized carbons (Fsp3) is 0.182. The first-order chi connectivity index (χ1) is 14.5. The van der Waals surface area contributed by atoms with E-state index >= 15 is 0 Å². The number of carbonyl (C=O) groups is 1. The third kappa shape index (κ3) is 4.57. The van der Waals surface area contributed by atoms with Crippen molar-refractivity contribution in [1.82, 2.24) is 14.8 Å². The minimum absolute atomic E-state index is 0.121. The second-order valence-electron chi connectivity index (χ2n) is 6.98. The molecule has 4 aromatic rings. The molecule has 5 nitrogen and oxygen atoms in total. The van der Waals surface area contributed by atoms with E-state index in [4.69, 9.17) is 11.6 Å². The molecule has 2 heterocycles. The number of hydrogen-bond acceptors (Lipinski definition) is 2. The molecule has 0 spiro atoms. The molecule has 2 N–H and O–H groups in total. The van der Waals surface area contributed by atoms with Crippen LogP contribution in [0.15, 0.2) is 59.3 Å². The molecule has 8 heteroatoms. The number of aromatic amines is 1. The Labute approximate surface area is 186 Å². The van der Waals surface area contributed by atoms with Crippen molar-refractivity contribution in [2.75, 3.05) is 5.32 Å². The fourth-order valence-electron chi connectivity index (χ4n) is 3.38. The highest BCUT2D eigenvalue weighted by atomic mass is 79.9. The van der Waals surface area contributed by atoms with Crippen LogP contribution in [0.3, 0.4) is 0 Å². The molecule has 0 saturated carbocycles. The molecule has 4 rings (SSSR count). The molecule has 0 saturated heterocycles. The number of aromatic nitrogens is 3. The van der Waals surface area contributed by atoms with E-state index in [1.165, 1.54) is 21.7 Å². The van der Waals surface area contributed by atoms with E-state index in [1.807, 2.05) is 24.4 Å². The third-order valence-corrected chi connectivity index (χ3v) is 5.82. The molecule has 0 aliphatic heterocycles. The van der Waals surface area contributed by atoms with Gasteiger partial charge >= 0.3 is 0 Å². The van der Waals surface area contributed by atoms with Crippen molar-refractivity contribution < 1.29 is 9.18 Å². The van der Waals surface area contributed by atoms with Crippen molar-refractivity contribution in [3.63, 3.8) is 0 Å². The second-order valence-corrected chi connectivity index (χ2v) is 8.25. The molecule has 154 valence electrons. The lowest BCUT2D eigenvalue weighted by Crippen LogP contribution is -2.13. The molecule has 1 amide bonds. The highest BCUT2D eigenvalue weighted by molar-refractivity contribution is 9.10. The lowest BCUT2D eigenvalue weighted by atomic mass is 10.1. The molecule has 0 aliphatic carbocycles. The maximum absolute atomic E-state index is 14.0. The number of hydrogen-bond donors (Lipinski definition) is 2. The predicted molar refractivity (Wildman–Crippen MR) is 120 cm³/mol. The first-order valence-electron chi connectivity index (χ1n) is 9.52. The van der Waals surface area contributed by atoms with Gasteiger partial charge < -0.3 is 10.3 Å². The summed E-state index contributed by atoms with van der Waals surface area (Å²) in [5.41, 5.74) is 2.65. The van der Waals surface area contributed by atoms with Gasteiger partial charge in [0.2, 0.25) is 5.91 Å². The lowest BCUT2D eigenvalue weighted by Gasteiger charge is -2.06. The van der Waals surface area contributed by atoms with E-state index < -0.39 is 5.82 Å². The Balaban J connectivity index is 1.34. The number of benzene rings is 2. The average molecular weight is 490 g/mol. The summed E-state index contributed by atoms with van der Waals surface area (Å²) in [7, 11) is 0. The summed E-state index contributed by atoms with van der Waals surface area (Å²) in [5, 5.41) is 8.67. The highest BCUT2D eigenvalue weighted by Gasteiger charge is 2.13. The largest absolute Gasteiger partial charge is 0.361 e. The zero-order chi connectivity index (χ0) is 21.1. The second kappa shape index (κ2) is 9.02. The third-order valence-electron chi connectivity index (χ3n) is 4.88. The van der Waals surface area contributed by atoms with Gasteiger partial charge in [0.05, 0.1) is 11.0 Å². The van der Waals surface area contributed by atoms with Gasteiger partial charge in [0.1, 0.15) is 5.82 Å². The van der Waals surface area contributed by atoms with Gasteiger partial charge in [-0.05, 0) is 52.5 Å². The lowest BCUT2D eigenvalue weighted by molar-refractivity contribution is -0.116. The highest BCUT2D eigenvalue weighted by Crippen LogP contribution is 2.24. The van der Waals surface area contributed by atoms with Crippen LogP contribution in [-0.2, 0) is 17.8 Å². The number of H-pyrrole nitrogens is 1. The quantitative estimate of drug-likeness (QED) is 0.338. The van der Waals surface area contributed by atoms with Crippen LogP contribution in [0.5, 0.6) is 0 Å². The number of amides is 1. The Kier molecular flexibility index (Phi) is 6.20. The first kappa shape index (κ1) is 20.6. The van der Waals surface area contributed by atoms with E-state index in [0.29, 0.717) is 27.3 Å². The SMILES string of the molecule is O=C(CCCc1c[nH]c2ccccc12)Nc1nn(Cc2c(F)cccc2Cl)cc1Br. The van der Waals surface area contributed by atoms with Crippen molar-refractivity contribution in [3.8, 4) is 0 Å². The van der Waals surface area contributed by atoms with Crippen LogP contribution in [0.25, 0.3) is 10.9 Å². The van der Waals surface area contributed by atoms with Crippen LogP contribution in [0.2, 0.25) is 5.02 Å². The number of rotatable bonds is 7. The van der Waals surface area contributed by atoms with E-state index in [-0.39, 0.29) is 12.5 Å². The van der Waals surface area contributed by atoms with Gasteiger partial charge in [-0.1, -0.05) is 35.9 Å². The van der Waals surface area contributed by atoms with Gasteiger partial charge in [0, 0.05) is 40.3 Å². The summed E-state index contributed by atoms with van der Waals surface area (Å²) in [6.07, 6.45) is 5.58. The van der Waals surface area contributed by atoms with Crippen molar-refractivity contribution in [2.24, 2.45) is 0 Å². The van der Waals surface area contributed by atoms with Gasteiger partial charge in [-0.25, -0.2) is 4.39 Å². The van der Waals surface area contributed by atoms with E-state index in [9.17, 15) is 9.18 Å². The number of aryl methyl sites for hydroxylation is 1. The number of para-hydroxylation sites is 1. The van der Waals surface area contributed by atoms with E-state index in [1.54, 1.807) is 18.3 Å². The summed E-state index contributed by atoms with van der Waals surface area (Å²) in [6, 6.07) is 12.7. The standard InChI is InChI=1S/C22H19BrClFN4O/c23-17-13-29(12-16-18(24)7-4-8-19(16)25)28-22(17)27-21(30)10-3-5-14-11-26-20-9-2-1-6-15(14)20/h1-2,4,6-9,11,13,26H,3,5,10,12H2,(H,27,28,30). The molecule has 0 unspecified atom stereocenters. The average Bonchev–Trinajstić information content (AvgIpc) is 3.28. The monoisotopic (exact) mass is 488 g/mol. The van der Waals surface area contributed by atoms with Crippen molar-refractivity contribution in [3.05, 3.63) is 81.3 Å². The van der Waals surface area contributed by atoms with Gasteiger partial charge in [-0.2, -0.15) is 5.10 Å². The molecule has 0 bridgehead atoms. The molecule has 30 heavy (non-hydrogen) atoms. The minimum Gasteiger partial charge on any atom is -0.361 e. The van der Waals surface area contributed by atoms with E-state index in [2.05, 4.69) is 37.4 Å². The number of fused-ring (bicyclic) bond motifs is 1. The Morgan fingerprint density at radius 2 is 2.07 bits per heavy atom. The first-order valence-corrected chi connectivity index (χ1v) is 10.7. The maximum Gasteiger partial charge on any atom is 0.225 e. The van der Waals surface area contributed by atoms with Crippen LogP contribution >= 0.6 is 27.5 Å². The smallest absolute Gasteiger partial charge is 0.225 e. The zero-order valence-electron chi connectivity index (χ0n) is 16.0.